The van der Waals surface area contributed by atoms with Crippen molar-refractivity contribution < 1.29 is 9.53 Å². The van der Waals surface area contributed by atoms with E-state index in [0.717, 1.165) is 42.0 Å². The van der Waals surface area contributed by atoms with Crippen LogP contribution in [0.3, 0.4) is 0 Å². The highest BCUT2D eigenvalue weighted by molar-refractivity contribution is 5.94. The Morgan fingerprint density at radius 1 is 0.889 bits per heavy atom. The Labute approximate surface area is 211 Å². The monoisotopic (exact) mass is 478 g/mol. The molecule has 0 bridgehead atoms. The Hall–Kier alpha value is -4.19. The number of aromatic nitrogens is 3. The van der Waals surface area contributed by atoms with E-state index in [0.29, 0.717) is 24.6 Å². The van der Waals surface area contributed by atoms with E-state index in [4.69, 9.17) is 4.74 Å². The first-order chi connectivity index (χ1) is 17.7. The van der Waals surface area contributed by atoms with Gasteiger partial charge in [-0.3, -0.25) is 9.78 Å². The topological polar surface area (TPSA) is 60.2 Å². The molecule has 0 saturated heterocycles. The molecule has 0 radical (unpaired) electrons. The van der Waals surface area contributed by atoms with Crippen LogP contribution in [0.2, 0.25) is 0 Å². The van der Waals surface area contributed by atoms with Gasteiger partial charge < -0.3 is 14.2 Å². The van der Waals surface area contributed by atoms with Crippen molar-refractivity contribution in [1.29, 1.82) is 0 Å². The second-order valence-corrected chi connectivity index (χ2v) is 9.14. The number of hydrogen-bond donors (Lipinski definition) is 0. The van der Waals surface area contributed by atoms with E-state index in [-0.39, 0.29) is 5.91 Å². The fraction of sp³-hybridized carbons (Fsp3) is 0.233. The van der Waals surface area contributed by atoms with Gasteiger partial charge in [0, 0.05) is 49.1 Å². The van der Waals surface area contributed by atoms with Crippen molar-refractivity contribution in [1.82, 2.24) is 19.4 Å². The van der Waals surface area contributed by atoms with Gasteiger partial charge >= 0.3 is 0 Å². The van der Waals surface area contributed by atoms with Gasteiger partial charge in [0.15, 0.2) is 0 Å². The van der Waals surface area contributed by atoms with Crippen molar-refractivity contribution in [3.8, 4) is 11.4 Å². The maximum Gasteiger partial charge on any atom is 0.254 e. The van der Waals surface area contributed by atoms with Gasteiger partial charge in [-0.2, -0.15) is 0 Å². The lowest BCUT2D eigenvalue weighted by molar-refractivity contribution is 0.0730. The average Bonchev–Trinajstić information content (AvgIpc) is 3.48. The first kappa shape index (κ1) is 23.5. The molecule has 2 heterocycles. The molecule has 6 nitrogen and oxygen atoms in total. The molecule has 6 heteroatoms. The maximum absolute atomic E-state index is 13.6. The van der Waals surface area contributed by atoms with Crippen molar-refractivity contribution in [2.75, 3.05) is 6.61 Å². The third kappa shape index (κ3) is 6.08. The van der Waals surface area contributed by atoms with Crippen molar-refractivity contribution in [2.24, 2.45) is 5.92 Å². The molecule has 1 amide bonds. The molecule has 0 unspecified atom stereocenters. The molecule has 1 atom stereocenters. The third-order valence-electron chi connectivity index (χ3n) is 6.49. The van der Waals surface area contributed by atoms with Crippen LogP contribution in [-0.2, 0) is 13.1 Å². The van der Waals surface area contributed by atoms with Gasteiger partial charge in [0.2, 0.25) is 0 Å². The number of hydrogen-bond acceptors (Lipinski definition) is 4. The van der Waals surface area contributed by atoms with Crippen LogP contribution in [0.25, 0.3) is 5.69 Å². The summed E-state index contributed by atoms with van der Waals surface area (Å²) >= 11 is 0. The highest BCUT2D eigenvalue weighted by Crippen LogP contribution is 2.22. The molecular formula is C30H30N4O2. The van der Waals surface area contributed by atoms with Crippen LogP contribution >= 0.6 is 0 Å². The molecule has 2 aromatic heterocycles. The lowest BCUT2D eigenvalue weighted by atomic mass is 9.95. The van der Waals surface area contributed by atoms with Gasteiger partial charge in [-0.05, 0) is 84.8 Å². The standard InChI is InChI=1S/C30H30N4O2/c35-30(27-8-10-28(11-9-27)33-19-18-32-23-33)34(21-25-14-16-31-17-15-25)20-24-6-12-29(13-7-24)36-22-26-4-2-1-3-5-26/h1-2,6-19,23,26H,3-5,20-22H2/t26-/m1/s1. The van der Waals surface area contributed by atoms with E-state index in [1.54, 1.807) is 24.9 Å². The molecule has 0 saturated carbocycles. The lowest BCUT2D eigenvalue weighted by Gasteiger charge is -2.24. The normalized spacial score (nSPS) is 14.9. The Bertz CT molecular complexity index is 1270. The zero-order valence-electron chi connectivity index (χ0n) is 20.2. The Morgan fingerprint density at radius 2 is 1.64 bits per heavy atom. The first-order valence-electron chi connectivity index (χ1n) is 12.4. The predicted molar refractivity (Wildman–Crippen MR) is 140 cm³/mol. The summed E-state index contributed by atoms with van der Waals surface area (Å²) in [7, 11) is 0. The van der Waals surface area contributed by atoms with Crippen LogP contribution in [0, 0.1) is 5.92 Å². The van der Waals surface area contributed by atoms with Gasteiger partial charge in [-0.15, -0.1) is 0 Å². The van der Waals surface area contributed by atoms with E-state index in [2.05, 4.69) is 22.1 Å². The van der Waals surface area contributed by atoms with Crippen molar-refractivity contribution >= 4 is 5.91 Å². The van der Waals surface area contributed by atoms with Crippen LogP contribution in [0.5, 0.6) is 5.75 Å². The predicted octanol–water partition coefficient (Wildman–Crippen LogP) is 5.85. The molecule has 36 heavy (non-hydrogen) atoms. The van der Waals surface area contributed by atoms with E-state index in [1.165, 1.54) is 6.42 Å². The van der Waals surface area contributed by atoms with Gasteiger partial charge in [0.1, 0.15) is 5.75 Å². The summed E-state index contributed by atoms with van der Waals surface area (Å²) in [6.45, 7) is 1.74. The van der Waals surface area contributed by atoms with E-state index in [1.807, 2.05) is 76.3 Å². The average molecular weight is 479 g/mol. The van der Waals surface area contributed by atoms with Gasteiger partial charge in [-0.1, -0.05) is 24.3 Å². The molecule has 5 rings (SSSR count). The van der Waals surface area contributed by atoms with Crippen LogP contribution < -0.4 is 4.74 Å². The van der Waals surface area contributed by atoms with Gasteiger partial charge in [-0.25, -0.2) is 4.98 Å². The fourth-order valence-corrected chi connectivity index (χ4v) is 4.41. The largest absolute Gasteiger partial charge is 0.493 e. The number of ether oxygens (including phenoxy) is 1. The highest BCUT2D eigenvalue weighted by atomic mass is 16.5. The molecule has 0 N–H and O–H groups in total. The number of carbonyl (C=O) groups is 1. The number of imidazole rings is 1. The van der Waals surface area contributed by atoms with Crippen LogP contribution in [0.15, 0.2) is 104 Å². The number of rotatable bonds is 9. The van der Waals surface area contributed by atoms with E-state index in [9.17, 15) is 4.79 Å². The zero-order chi connectivity index (χ0) is 24.6. The number of pyridine rings is 1. The molecule has 0 spiro atoms. The summed E-state index contributed by atoms with van der Waals surface area (Å²) < 4.78 is 7.95. The molecule has 182 valence electrons. The summed E-state index contributed by atoms with van der Waals surface area (Å²) in [6, 6.07) is 19.6. The summed E-state index contributed by atoms with van der Waals surface area (Å²) in [6.07, 6.45) is 16.8. The quantitative estimate of drug-likeness (QED) is 0.283. The molecule has 4 aromatic rings. The second-order valence-electron chi connectivity index (χ2n) is 9.14. The van der Waals surface area contributed by atoms with Crippen LogP contribution in [0.4, 0.5) is 0 Å². The fourth-order valence-electron chi connectivity index (χ4n) is 4.41. The number of allylic oxidation sites excluding steroid dienone is 2. The molecular weight excluding hydrogens is 448 g/mol. The Balaban J connectivity index is 1.28. The Kier molecular flexibility index (Phi) is 7.52. The van der Waals surface area contributed by atoms with Crippen molar-refractivity contribution in [2.45, 2.75) is 32.4 Å². The second kappa shape index (κ2) is 11.5. The minimum absolute atomic E-state index is 0.0188. The molecule has 1 aliphatic carbocycles. The minimum Gasteiger partial charge on any atom is -0.493 e. The maximum atomic E-state index is 13.6. The number of amides is 1. The summed E-state index contributed by atoms with van der Waals surface area (Å²) in [5, 5.41) is 0. The number of nitrogens with zero attached hydrogens (tertiary/aromatic N) is 4. The number of carbonyl (C=O) groups excluding carboxylic acids is 1. The molecule has 0 aliphatic heterocycles. The molecule has 2 aromatic carbocycles. The van der Waals surface area contributed by atoms with Gasteiger partial charge in [0.25, 0.3) is 5.91 Å². The van der Waals surface area contributed by atoms with Crippen molar-refractivity contribution in [3.63, 3.8) is 0 Å². The SMILES string of the molecule is O=C(c1ccc(-n2ccnc2)cc1)N(Cc1ccncc1)Cc1ccc(OC[C@@H]2CC=CCC2)cc1. The van der Waals surface area contributed by atoms with Crippen LogP contribution in [-0.4, -0.2) is 31.9 Å². The van der Waals surface area contributed by atoms with E-state index < -0.39 is 0 Å². The molecule has 1 aliphatic rings. The summed E-state index contributed by atoms with van der Waals surface area (Å²) in [5.41, 5.74) is 3.70. The first-order valence-corrected chi connectivity index (χ1v) is 12.4. The Morgan fingerprint density at radius 3 is 2.31 bits per heavy atom. The van der Waals surface area contributed by atoms with Crippen LogP contribution in [0.1, 0.15) is 40.7 Å². The summed E-state index contributed by atoms with van der Waals surface area (Å²) in [4.78, 5) is 23.6. The third-order valence-corrected chi connectivity index (χ3v) is 6.49. The lowest BCUT2D eigenvalue weighted by Crippen LogP contribution is -2.30. The smallest absolute Gasteiger partial charge is 0.254 e. The van der Waals surface area contributed by atoms with E-state index >= 15 is 0 Å². The van der Waals surface area contributed by atoms with Crippen molar-refractivity contribution in [3.05, 3.63) is 121 Å². The number of benzene rings is 2. The zero-order valence-corrected chi connectivity index (χ0v) is 20.2. The minimum atomic E-state index is -0.0188. The highest BCUT2D eigenvalue weighted by Gasteiger charge is 2.17. The molecule has 0 fully saturated rings. The van der Waals surface area contributed by atoms with Gasteiger partial charge in [0.05, 0.1) is 12.9 Å². The summed E-state index contributed by atoms with van der Waals surface area (Å²) in [5.74, 6) is 1.44.